The molecule has 1 aromatic heterocycles. The standard InChI is InChI=1S/C16H18N2O3/c1-3-13(19)10(2)16-17-15(18-21-16)12-8-9-20-14-7-5-4-6-11(12)14/h4-7,10,12H,3,8-9H2,1-2H3. The molecule has 0 bridgehead atoms. The third-order valence-electron chi connectivity index (χ3n) is 3.93. The lowest BCUT2D eigenvalue weighted by Gasteiger charge is -2.23. The smallest absolute Gasteiger partial charge is 0.236 e. The number of benzene rings is 1. The molecule has 1 aliphatic heterocycles. The van der Waals surface area contributed by atoms with Crippen molar-refractivity contribution >= 4 is 5.78 Å². The molecule has 5 nitrogen and oxygen atoms in total. The molecule has 2 aromatic rings. The Bertz CT molecular complexity index is 650. The van der Waals surface area contributed by atoms with E-state index in [1.54, 1.807) is 6.92 Å². The van der Waals surface area contributed by atoms with Gasteiger partial charge in [-0.2, -0.15) is 4.98 Å². The largest absolute Gasteiger partial charge is 0.493 e. The fraction of sp³-hybridized carbons (Fsp3) is 0.438. The molecule has 0 fully saturated rings. The van der Waals surface area contributed by atoms with Gasteiger partial charge in [0.05, 0.1) is 18.4 Å². The number of Topliss-reactive ketones (excluding diaryl/α,β-unsaturated/α-hetero) is 1. The number of ether oxygens (including phenoxy) is 1. The van der Waals surface area contributed by atoms with Crippen LogP contribution in [0.5, 0.6) is 5.75 Å². The van der Waals surface area contributed by atoms with Crippen LogP contribution in [0, 0.1) is 0 Å². The predicted octanol–water partition coefficient (Wildman–Crippen LogP) is 3.07. The highest BCUT2D eigenvalue weighted by atomic mass is 16.5. The molecule has 0 spiro atoms. The SMILES string of the molecule is CCC(=O)C(C)c1nc(C2CCOc3ccccc32)no1. The van der Waals surface area contributed by atoms with Crippen molar-refractivity contribution in [2.75, 3.05) is 6.61 Å². The third kappa shape index (κ3) is 2.55. The first-order chi connectivity index (χ1) is 10.2. The zero-order valence-electron chi connectivity index (χ0n) is 12.2. The van der Waals surface area contributed by atoms with Crippen LogP contribution in [0.2, 0.25) is 0 Å². The zero-order valence-corrected chi connectivity index (χ0v) is 12.2. The summed E-state index contributed by atoms with van der Waals surface area (Å²) in [6, 6.07) is 7.90. The van der Waals surface area contributed by atoms with Crippen LogP contribution in [-0.4, -0.2) is 22.5 Å². The van der Waals surface area contributed by atoms with Gasteiger partial charge in [0.15, 0.2) is 5.82 Å². The maximum Gasteiger partial charge on any atom is 0.236 e. The van der Waals surface area contributed by atoms with E-state index in [0.717, 1.165) is 17.7 Å². The van der Waals surface area contributed by atoms with Gasteiger partial charge in [-0.1, -0.05) is 30.3 Å². The van der Waals surface area contributed by atoms with E-state index in [4.69, 9.17) is 9.26 Å². The Hall–Kier alpha value is -2.17. The van der Waals surface area contributed by atoms with Crippen LogP contribution in [0.25, 0.3) is 0 Å². The molecule has 1 aliphatic rings. The van der Waals surface area contributed by atoms with Crippen LogP contribution < -0.4 is 4.74 Å². The van der Waals surface area contributed by atoms with Gasteiger partial charge >= 0.3 is 0 Å². The zero-order chi connectivity index (χ0) is 14.8. The first-order valence-electron chi connectivity index (χ1n) is 7.28. The summed E-state index contributed by atoms with van der Waals surface area (Å²) in [4.78, 5) is 16.2. The number of para-hydroxylation sites is 1. The van der Waals surface area contributed by atoms with E-state index in [-0.39, 0.29) is 17.6 Å². The average Bonchev–Trinajstić information content (AvgIpc) is 3.02. The summed E-state index contributed by atoms with van der Waals surface area (Å²) in [5.41, 5.74) is 1.07. The summed E-state index contributed by atoms with van der Waals surface area (Å²) in [7, 11) is 0. The fourth-order valence-electron chi connectivity index (χ4n) is 2.62. The minimum Gasteiger partial charge on any atom is -0.493 e. The molecule has 2 heterocycles. The van der Waals surface area contributed by atoms with Crippen molar-refractivity contribution in [1.29, 1.82) is 0 Å². The Balaban J connectivity index is 1.89. The predicted molar refractivity (Wildman–Crippen MR) is 76.4 cm³/mol. The minimum atomic E-state index is -0.341. The van der Waals surface area contributed by atoms with Gasteiger partial charge in [-0.15, -0.1) is 0 Å². The van der Waals surface area contributed by atoms with Crippen LogP contribution >= 0.6 is 0 Å². The Morgan fingerprint density at radius 3 is 3.05 bits per heavy atom. The fourth-order valence-corrected chi connectivity index (χ4v) is 2.62. The molecule has 5 heteroatoms. The summed E-state index contributed by atoms with van der Waals surface area (Å²) < 4.78 is 10.9. The molecule has 0 radical (unpaired) electrons. The first-order valence-corrected chi connectivity index (χ1v) is 7.28. The number of rotatable bonds is 4. The van der Waals surface area contributed by atoms with Gasteiger partial charge in [-0.05, 0) is 19.4 Å². The third-order valence-corrected chi connectivity index (χ3v) is 3.93. The monoisotopic (exact) mass is 286 g/mol. The first kappa shape index (κ1) is 13.8. The van der Waals surface area contributed by atoms with Gasteiger partial charge in [0.2, 0.25) is 5.89 Å². The number of fused-ring (bicyclic) bond motifs is 1. The molecule has 1 aromatic carbocycles. The van der Waals surface area contributed by atoms with Gasteiger partial charge < -0.3 is 9.26 Å². The maximum absolute atomic E-state index is 11.7. The quantitative estimate of drug-likeness (QED) is 0.864. The molecule has 0 aliphatic carbocycles. The highest BCUT2D eigenvalue weighted by Gasteiger charge is 2.28. The highest BCUT2D eigenvalue weighted by Crippen LogP contribution is 2.36. The Kier molecular flexibility index (Phi) is 3.73. The van der Waals surface area contributed by atoms with Gasteiger partial charge in [0, 0.05) is 12.0 Å². The molecular weight excluding hydrogens is 268 g/mol. The van der Waals surface area contributed by atoms with Crippen molar-refractivity contribution in [1.82, 2.24) is 10.1 Å². The summed E-state index contributed by atoms with van der Waals surface area (Å²) >= 11 is 0. The lowest BCUT2D eigenvalue weighted by molar-refractivity contribution is -0.120. The van der Waals surface area contributed by atoms with E-state index in [9.17, 15) is 4.79 Å². The van der Waals surface area contributed by atoms with Gasteiger partial charge in [0.1, 0.15) is 11.5 Å². The maximum atomic E-state index is 11.7. The molecular formula is C16H18N2O3. The number of hydrogen-bond acceptors (Lipinski definition) is 5. The van der Waals surface area contributed by atoms with Crippen LogP contribution in [0.4, 0.5) is 0 Å². The molecule has 110 valence electrons. The normalized spacial score (nSPS) is 18.7. The molecule has 0 N–H and O–H groups in total. The Labute approximate surface area is 123 Å². The van der Waals surface area contributed by atoms with Crippen molar-refractivity contribution < 1.29 is 14.1 Å². The van der Waals surface area contributed by atoms with E-state index in [1.807, 2.05) is 31.2 Å². The van der Waals surface area contributed by atoms with Crippen molar-refractivity contribution in [3.63, 3.8) is 0 Å². The second-order valence-electron chi connectivity index (χ2n) is 5.26. The minimum absolute atomic E-state index is 0.0661. The summed E-state index contributed by atoms with van der Waals surface area (Å²) in [5.74, 6) is 1.75. The van der Waals surface area contributed by atoms with Crippen LogP contribution in [0.1, 0.15) is 55.8 Å². The number of nitrogens with zero attached hydrogens (tertiary/aromatic N) is 2. The number of carbonyl (C=O) groups is 1. The Morgan fingerprint density at radius 1 is 1.43 bits per heavy atom. The second kappa shape index (κ2) is 5.68. The number of carbonyl (C=O) groups excluding carboxylic acids is 1. The van der Waals surface area contributed by atoms with Crippen molar-refractivity contribution in [3.05, 3.63) is 41.5 Å². The molecule has 2 unspecified atom stereocenters. The van der Waals surface area contributed by atoms with E-state index in [0.29, 0.717) is 24.7 Å². The number of ketones is 1. The van der Waals surface area contributed by atoms with Crippen LogP contribution in [0.15, 0.2) is 28.8 Å². The van der Waals surface area contributed by atoms with Crippen molar-refractivity contribution in [2.24, 2.45) is 0 Å². The Morgan fingerprint density at radius 2 is 2.24 bits per heavy atom. The summed E-state index contributed by atoms with van der Waals surface area (Å²) in [5, 5.41) is 4.08. The van der Waals surface area contributed by atoms with E-state index in [1.165, 1.54) is 0 Å². The average molecular weight is 286 g/mol. The molecule has 21 heavy (non-hydrogen) atoms. The molecule has 3 rings (SSSR count). The van der Waals surface area contributed by atoms with E-state index >= 15 is 0 Å². The lowest BCUT2D eigenvalue weighted by Crippen LogP contribution is -2.16. The topological polar surface area (TPSA) is 65.2 Å². The highest BCUT2D eigenvalue weighted by molar-refractivity contribution is 5.83. The van der Waals surface area contributed by atoms with Crippen molar-refractivity contribution in [3.8, 4) is 5.75 Å². The molecule has 0 saturated heterocycles. The van der Waals surface area contributed by atoms with Crippen LogP contribution in [0.3, 0.4) is 0 Å². The molecule has 0 saturated carbocycles. The van der Waals surface area contributed by atoms with E-state index < -0.39 is 0 Å². The van der Waals surface area contributed by atoms with Crippen LogP contribution in [-0.2, 0) is 4.79 Å². The molecule has 0 amide bonds. The number of aromatic nitrogens is 2. The summed E-state index contributed by atoms with van der Waals surface area (Å²) in [6.07, 6.45) is 1.28. The van der Waals surface area contributed by atoms with Gasteiger partial charge in [-0.3, -0.25) is 4.79 Å². The summed E-state index contributed by atoms with van der Waals surface area (Å²) in [6.45, 7) is 4.28. The number of hydrogen-bond donors (Lipinski definition) is 0. The molecule has 2 atom stereocenters. The van der Waals surface area contributed by atoms with Gasteiger partial charge in [0.25, 0.3) is 0 Å². The second-order valence-corrected chi connectivity index (χ2v) is 5.26. The van der Waals surface area contributed by atoms with Crippen molar-refractivity contribution in [2.45, 2.75) is 38.5 Å². The lowest BCUT2D eigenvalue weighted by atomic mass is 9.92. The van der Waals surface area contributed by atoms with Gasteiger partial charge in [-0.25, -0.2) is 0 Å². The van der Waals surface area contributed by atoms with E-state index in [2.05, 4.69) is 10.1 Å².